The second kappa shape index (κ2) is 11.3. The van der Waals surface area contributed by atoms with Crippen LogP contribution in [0.2, 0.25) is 0 Å². The molecular weight excluding hydrogens is 516 g/mol. The van der Waals surface area contributed by atoms with Crippen molar-refractivity contribution in [3.63, 3.8) is 0 Å². The zero-order chi connectivity index (χ0) is 29.1. The van der Waals surface area contributed by atoms with E-state index in [0.29, 0.717) is 22.6 Å². The minimum Gasteiger partial charge on any atom is -0.492 e. The van der Waals surface area contributed by atoms with Crippen molar-refractivity contribution in [2.24, 2.45) is 11.6 Å². The van der Waals surface area contributed by atoms with Crippen LogP contribution in [0.4, 0.5) is 17.1 Å². The lowest BCUT2D eigenvalue weighted by Crippen LogP contribution is -2.27. The van der Waals surface area contributed by atoms with Gasteiger partial charge in [-0.2, -0.15) is 0 Å². The molecule has 0 bridgehead atoms. The molecule has 7 N–H and O–H groups in total. The van der Waals surface area contributed by atoms with Crippen molar-refractivity contribution in [3.05, 3.63) is 82.8 Å². The Kier molecular flexibility index (Phi) is 8.57. The summed E-state index contributed by atoms with van der Waals surface area (Å²) in [6, 6.07) is 10.6. The van der Waals surface area contributed by atoms with Crippen LogP contribution in [-0.2, 0) is 15.4 Å². The van der Waals surface area contributed by atoms with Crippen molar-refractivity contribution < 1.29 is 22.9 Å². The predicted molar refractivity (Wildman–Crippen MR) is 156 cm³/mol. The van der Waals surface area contributed by atoms with Gasteiger partial charge in [-0.3, -0.25) is 14.5 Å². The number of nitrogens with one attached hydrogen (secondary N) is 3. The molecule has 0 radical (unpaired) electrons. The number of hydrazine groups is 1. The van der Waals surface area contributed by atoms with Crippen LogP contribution in [0.25, 0.3) is 5.70 Å². The van der Waals surface area contributed by atoms with Gasteiger partial charge in [0.15, 0.2) is 18.1 Å². The van der Waals surface area contributed by atoms with Crippen LogP contribution < -0.4 is 36.3 Å². The fourth-order valence-electron chi connectivity index (χ4n) is 3.95. The number of nitrogens with zero attached hydrogens (tertiary/aromatic N) is 1. The predicted octanol–water partition coefficient (Wildman–Crippen LogP) is 3.68. The molecule has 1 heterocycles. The first kappa shape index (κ1) is 29.5. The largest absolute Gasteiger partial charge is 0.492 e. The molecule has 208 valence electrons. The number of sulfonamides is 1. The third kappa shape index (κ3) is 7.27. The molecule has 0 aliphatic rings. The number of amides is 1. The first-order valence-electron chi connectivity index (χ1n) is 12.2. The van der Waals surface area contributed by atoms with Crippen molar-refractivity contribution in [1.29, 1.82) is 0 Å². The molecule has 10 nitrogen and oxygen atoms in total. The summed E-state index contributed by atoms with van der Waals surface area (Å²) in [5.41, 5.74) is 11.1. The van der Waals surface area contributed by atoms with Gasteiger partial charge < -0.3 is 15.8 Å². The van der Waals surface area contributed by atoms with Crippen LogP contribution in [0.15, 0.2) is 55.0 Å². The molecule has 0 aliphatic carbocycles. The van der Waals surface area contributed by atoms with E-state index in [2.05, 4.69) is 15.0 Å². The van der Waals surface area contributed by atoms with E-state index in [0.717, 1.165) is 28.5 Å². The van der Waals surface area contributed by atoms with Crippen molar-refractivity contribution in [1.82, 2.24) is 0 Å². The van der Waals surface area contributed by atoms with E-state index in [1.807, 2.05) is 46.8 Å². The molecule has 0 unspecified atom stereocenters. The van der Waals surface area contributed by atoms with Crippen LogP contribution >= 0.6 is 0 Å². The number of carbonyl (C=O) groups is 1. The Morgan fingerprint density at radius 2 is 1.77 bits per heavy atom. The maximum atomic E-state index is 13.5. The second-order valence-corrected chi connectivity index (χ2v) is 12.2. The Bertz CT molecular complexity index is 1510. The number of hydrogen-bond acceptors (Lipinski definition) is 7. The van der Waals surface area contributed by atoms with Gasteiger partial charge in [0.05, 0.1) is 41.7 Å². The smallest absolute Gasteiger partial charge is 0.255 e. The summed E-state index contributed by atoms with van der Waals surface area (Å²) in [6.45, 7) is 9.76. The summed E-state index contributed by atoms with van der Waals surface area (Å²) < 4.78 is 32.1. The highest BCUT2D eigenvalue weighted by Gasteiger charge is 2.23. The zero-order valence-corrected chi connectivity index (χ0v) is 24.2. The minimum atomic E-state index is -3.60. The number of benzene rings is 2. The van der Waals surface area contributed by atoms with Crippen LogP contribution in [0.5, 0.6) is 5.75 Å². The van der Waals surface area contributed by atoms with E-state index in [1.165, 1.54) is 12.1 Å². The molecule has 2 aromatic carbocycles. The SMILES string of the molecule is COc1c(NC(=O)c2cc(C)c(C)c(N(N)C=C(N)c3ccc[nH+]c3)c2)cc(C(C)(C)C)cc1NS(C)(=O)=O. The van der Waals surface area contributed by atoms with Crippen molar-refractivity contribution >= 4 is 38.7 Å². The van der Waals surface area contributed by atoms with E-state index in [9.17, 15) is 13.2 Å². The number of H-pyrrole nitrogens is 1. The van der Waals surface area contributed by atoms with Gasteiger partial charge in [0.2, 0.25) is 10.0 Å². The van der Waals surface area contributed by atoms with Gasteiger partial charge in [0, 0.05) is 17.8 Å². The quantitative estimate of drug-likeness (QED) is 0.245. The Balaban J connectivity index is 2.03. The molecule has 1 aromatic heterocycles. The molecule has 0 saturated carbocycles. The molecule has 3 aromatic rings. The number of carbonyl (C=O) groups excluding carboxylic acids is 1. The molecule has 0 atom stereocenters. The average Bonchev–Trinajstić information content (AvgIpc) is 2.84. The molecular formula is C28H37N6O4S+. The van der Waals surface area contributed by atoms with Crippen LogP contribution in [0, 0.1) is 13.8 Å². The molecule has 3 rings (SSSR count). The summed E-state index contributed by atoms with van der Waals surface area (Å²) in [5, 5.41) is 4.28. The Morgan fingerprint density at radius 3 is 2.33 bits per heavy atom. The van der Waals surface area contributed by atoms with Gasteiger partial charge in [-0.1, -0.05) is 20.8 Å². The normalized spacial score (nSPS) is 12.2. The highest BCUT2D eigenvalue weighted by molar-refractivity contribution is 7.92. The minimum absolute atomic E-state index is 0.196. The summed E-state index contributed by atoms with van der Waals surface area (Å²) in [5.74, 6) is 6.14. The van der Waals surface area contributed by atoms with Crippen molar-refractivity contribution in [2.45, 2.75) is 40.0 Å². The lowest BCUT2D eigenvalue weighted by atomic mass is 9.86. The third-order valence-electron chi connectivity index (χ3n) is 6.20. The standard InChI is InChI=1S/C28H36N6O4S/c1-17-11-20(12-25(18(17)2)34(30)16-22(29)19-9-8-10-31-15-19)27(35)32-23-13-21(28(3,4)5)14-24(26(23)38-6)33-39(7,36)37/h8-16,33H,29-30H2,1-7H3,(H,32,35)/p+1. The average molecular weight is 554 g/mol. The Hall–Kier alpha value is -4.09. The highest BCUT2D eigenvalue weighted by Crippen LogP contribution is 2.39. The first-order chi connectivity index (χ1) is 18.1. The number of aryl methyl sites for hydroxylation is 1. The van der Waals surface area contributed by atoms with Crippen LogP contribution in [0.1, 0.15) is 53.4 Å². The summed E-state index contributed by atoms with van der Waals surface area (Å²) in [6.07, 6.45) is 6.18. The van der Waals surface area contributed by atoms with Crippen molar-refractivity contribution in [3.8, 4) is 5.75 Å². The van der Waals surface area contributed by atoms with Gasteiger partial charge in [0.25, 0.3) is 5.91 Å². The van der Waals surface area contributed by atoms with Gasteiger partial charge in [-0.25, -0.2) is 19.2 Å². The summed E-state index contributed by atoms with van der Waals surface area (Å²) in [4.78, 5) is 16.5. The number of aromatic amines is 1. The number of anilines is 3. The number of rotatable bonds is 8. The lowest BCUT2D eigenvalue weighted by molar-refractivity contribution is -0.378. The van der Waals surface area contributed by atoms with E-state index in [4.69, 9.17) is 16.3 Å². The van der Waals surface area contributed by atoms with Crippen LogP contribution in [0.3, 0.4) is 0 Å². The van der Waals surface area contributed by atoms with E-state index in [-0.39, 0.29) is 16.9 Å². The molecule has 0 fully saturated rings. The number of hydrogen-bond donors (Lipinski definition) is 4. The van der Waals surface area contributed by atoms with Crippen molar-refractivity contribution in [2.75, 3.05) is 28.4 Å². The first-order valence-corrected chi connectivity index (χ1v) is 14.1. The monoisotopic (exact) mass is 553 g/mol. The van der Waals surface area contributed by atoms with Gasteiger partial charge in [-0.05, 0) is 66.3 Å². The fourth-order valence-corrected chi connectivity index (χ4v) is 4.50. The fraction of sp³-hybridized carbons (Fsp3) is 0.286. The Morgan fingerprint density at radius 1 is 1.10 bits per heavy atom. The van der Waals surface area contributed by atoms with E-state index in [1.54, 1.807) is 42.9 Å². The number of aromatic nitrogens is 1. The molecule has 1 amide bonds. The third-order valence-corrected chi connectivity index (χ3v) is 6.79. The molecule has 0 saturated heterocycles. The number of nitrogens with two attached hydrogens (primary N) is 2. The number of methoxy groups -OCH3 is 1. The second-order valence-electron chi connectivity index (χ2n) is 10.4. The van der Waals surface area contributed by atoms with Crippen LogP contribution in [-0.4, -0.2) is 27.7 Å². The van der Waals surface area contributed by atoms with Gasteiger partial charge >= 0.3 is 0 Å². The summed E-state index contributed by atoms with van der Waals surface area (Å²) in [7, 11) is -2.19. The number of pyridine rings is 1. The molecule has 11 heteroatoms. The van der Waals surface area contributed by atoms with Gasteiger partial charge in [-0.15, -0.1) is 0 Å². The molecule has 0 aliphatic heterocycles. The maximum Gasteiger partial charge on any atom is 0.255 e. The zero-order valence-electron chi connectivity index (χ0n) is 23.3. The van der Waals surface area contributed by atoms with E-state index >= 15 is 0 Å². The highest BCUT2D eigenvalue weighted by atomic mass is 32.2. The molecule has 39 heavy (non-hydrogen) atoms. The molecule has 0 spiro atoms. The topological polar surface area (TPSA) is 154 Å². The van der Waals surface area contributed by atoms with Gasteiger partial charge in [0.1, 0.15) is 0 Å². The maximum absolute atomic E-state index is 13.5. The van der Waals surface area contributed by atoms with E-state index < -0.39 is 15.9 Å². The Labute approximate surface area is 230 Å². The summed E-state index contributed by atoms with van der Waals surface area (Å²) >= 11 is 0. The lowest BCUT2D eigenvalue weighted by Gasteiger charge is -2.24. The number of ether oxygens (including phenoxy) is 1.